The van der Waals surface area contributed by atoms with E-state index < -0.39 is 0 Å². The fourth-order valence-corrected chi connectivity index (χ4v) is 1.99. The van der Waals surface area contributed by atoms with Crippen LogP contribution in [-0.2, 0) is 0 Å². The minimum atomic E-state index is 0.645. The molecule has 0 aliphatic rings. The van der Waals surface area contributed by atoms with E-state index in [4.69, 9.17) is 4.74 Å². The molecule has 0 aliphatic heterocycles. The minimum absolute atomic E-state index is 0.645. The molecule has 0 amide bonds. The Kier molecular flexibility index (Phi) is 5.99. The zero-order chi connectivity index (χ0) is 11.8. The van der Waals surface area contributed by atoms with Crippen LogP contribution in [0.5, 0.6) is 5.75 Å². The first kappa shape index (κ1) is 13.1. The third-order valence-electron chi connectivity index (χ3n) is 3.15. The molecule has 90 valence electrons. The van der Waals surface area contributed by atoms with E-state index in [1.807, 2.05) is 6.07 Å². The molecule has 0 heterocycles. The highest BCUT2D eigenvalue weighted by Crippen LogP contribution is 2.25. The van der Waals surface area contributed by atoms with E-state index in [1.165, 1.54) is 37.7 Å². The maximum atomic E-state index is 5.25. The molecule has 0 radical (unpaired) electrons. The molecule has 1 unspecified atom stereocenters. The largest absolute Gasteiger partial charge is 0.497 e. The van der Waals surface area contributed by atoms with Crippen molar-refractivity contribution in [2.24, 2.45) is 0 Å². The molecule has 0 saturated carbocycles. The number of benzene rings is 1. The van der Waals surface area contributed by atoms with Crippen molar-refractivity contribution < 1.29 is 4.74 Å². The van der Waals surface area contributed by atoms with Crippen LogP contribution in [-0.4, -0.2) is 7.11 Å². The van der Waals surface area contributed by atoms with Gasteiger partial charge in [-0.3, -0.25) is 0 Å². The van der Waals surface area contributed by atoms with Crippen LogP contribution in [0, 0.1) is 0 Å². The van der Waals surface area contributed by atoms with Crippen molar-refractivity contribution in [1.29, 1.82) is 0 Å². The predicted octanol–water partition coefficient (Wildman–Crippen LogP) is 4.77. The summed E-state index contributed by atoms with van der Waals surface area (Å²) in [4.78, 5) is 0. The van der Waals surface area contributed by atoms with E-state index in [1.54, 1.807) is 7.11 Å². The SMILES string of the molecule is CCCCCCC(C)c1cccc(OC)c1. The zero-order valence-corrected chi connectivity index (χ0v) is 10.8. The Morgan fingerprint density at radius 3 is 2.69 bits per heavy atom. The molecule has 16 heavy (non-hydrogen) atoms. The third kappa shape index (κ3) is 4.26. The van der Waals surface area contributed by atoms with Gasteiger partial charge in [0.1, 0.15) is 5.75 Å². The quantitative estimate of drug-likeness (QED) is 0.601. The second kappa shape index (κ2) is 7.32. The number of hydrogen-bond donors (Lipinski definition) is 0. The first-order valence-electron chi connectivity index (χ1n) is 6.42. The van der Waals surface area contributed by atoms with Crippen LogP contribution in [0.4, 0.5) is 0 Å². The van der Waals surface area contributed by atoms with E-state index in [9.17, 15) is 0 Å². The molecule has 0 aliphatic carbocycles. The maximum absolute atomic E-state index is 5.25. The molecule has 1 nitrogen and oxygen atoms in total. The topological polar surface area (TPSA) is 9.23 Å². The molecule has 0 bridgehead atoms. The van der Waals surface area contributed by atoms with Crippen molar-refractivity contribution in [2.75, 3.05) is 7.11 Å². The molecule has 1 rings (SSSR count). The minimum Gasteiger partial charge on any atom is -0.497 e. The Bertz CT molecular complexity index is 293. The van der Waals surface area contributed by atoms with Crippen molar-refractivity contribution >= 4 is 0 Å². The number of rotatable bonds is 7. The summed E-state index contributed by atoms with van der Waals surface area (Å²) >= 11 is 0. The van der Waals surface area contributed by atoms with Crippen LogP contribution in [0.3, 0.4) is 0 Å². The average molecular weight is 220 g/mol. The normalized spacial score (nSPS) is 12.4. The standard InChI is InChI=1S/C15H24O/c1-4-5-6-7-9-13(2)14-10-8-11-15(12-14)16-3/h8,10-13H,4-7,9H2,1-3H3. The first-order valence-corrected chi connectivity index (χ1v) is 6.42. The molecule has 1 heteroatoms. The second-order valence-electron chi connectivity index (χ2n) is 4.53. The van der Waals surface area contributed by atoms with Gasteiger partial charge in [0.05, 0.1) is 7.11 Å². The molecule has 0 spiro atoms. The van der Waals surface area contributed by atoms with Crippen LogP contribution in [0.2, 0.25) is 0 Å². The summed E-state index contributed by atoms with van der Waals surface area (Å²) in [6, 6.07) is 8.45. The average Bonchev–Trinajstić information content (AvgIpc) is 2.34. The van der Waals surface area contributed by atoms with Crippen molar-refractivity contribution in [2.45, 2.75) is 51.9 Å². The summed E-state index contributed by atoms with van der Waals surface area (Å²) in [5.41, 5.74) is 1.40. The van der Waals surface area contributed by atoms with Gasteiger partial charge in [0.2, 0.25) is 0 Å². The van der Waals surface area contributed by atoms with Gasteiger partial charge in [0.15, 0.2) is 0 Å². The van der Waals surface area contributed by atoms with E-state index in [2.05, 4.69) is 32.0 Å². The second-order valence-corrected chi connectivity index (χ2v) is 4.53. The van der Waals surface area contributed by atoms with E-state index in [0.717, 1.165) is 5.75 Å². The highest BCUT2D eigenvalue weighted by atomic mass is 16.5. The van der Waals surface area contributed by atoms with Crippen LogP contribution >= 0.6 is 0 Å². The van der Waals surface area contributed by atoms with Crippen molar-refractivity contribution in [3.05, 3.63) is 29.8 Å². The zero-order valence-electron chi connectivity index (χ0n) is 10.8. The molecule has 0 N–H and O–H groups in total. The number of hydrogen-bond acceptors (Lipinski definition) is 1. The molecule has 0 aromatic heterocycles. The van der Waals surface area contributed by atoms with Gasteiger partial charge in [-0.25, -0.2) is 0 Å². The lowest BCUT2D eigenvalue weighted by Gasteiger charge is -2.12. The van der Waals surface area contributed by atoms with Crippen LogP contribution in [0.25, 0.3) is 0 Å². The lowest BCUT2D eigenvalue weighted by Crippen LogP contribution is -1.94. The number of ether oxygens (including phenoxy) is 1. The number of unbranched alkanes of at least 4 members (excludes halogenated alkanes) is 3. The molecule has 1 aromatic rings. The fraction of sp³-hybridized carbons (Fsp3) is 0.600. The van der Waals surface area contributed by atoms with Gasteiger partial charge in [-0.2, -0.15) is 0 Å². The Labute approximate surface area is 99.8 Å². The monoisotopic (exact) mass is 220 g/mol. The van der Waals surface area contributed by atoms with Gasteiger partial charge in [0, 0.05) is 0 Å². The molecule has 0 fully saturated rings. The van der Waals surface area contributed by atoms with Gasteiger partial charge >= 0.3 is 0 Å². The van der Waals surface area contributed by atoms with Crippen molar-refractivity contribution in [3.63, 3.8) is 0 Å². The lowest BCUT2D eigenvalue weighted by molar-refractivity contribution is 0.413. The predicted molar refractivity (Wildman–Crippen MR) is 70.2 cm³/mol. The summed E-state index contributed by atoms with van der Waals surface area (Å²) in [5.74, 6) is 1.62. The van der Waals surface area contributed by atoms with Gasteiger partial charge in [-0.1, -0.05) is 51.7 Å². The van der Waals surface area contributed by atoms with Gasteiger partial charge < -0.3 is 4.74 Å². The van der Waals surface area contributed by atoms with Crippen LogP contribution in [0.1, 0.15) is 57.4 Å². The summed E-state index contributed by atoms with van der Waals surface area (Å²) in [6.45, 7) is 4.56. The van der Waals surface area contributed by atoms with E-state index >= 15 is 0 Å². The fourth-order valence-electron chi connectivity index (χ4n) is 1.99. The highest BCUT2D eigenvalue weighted by molar-refractivity contribution is 5.30. The summed E-state index contributed by atoms with van der Waals surface area (Å²) in [6.07, 6.45) is 6.67. The Hall–Kier alpha value is -0.980. The number of methoxy groups -OCH3 is 1. The molecule has 0 saturated heterocycles. The van der Waals surface area contributed by atoms with Gasteiger partial charge in [0.25, 0.3) is 0 Å². The highest BCUT2D eigenvalue weighted by Gasteiger charge is 2.05. The van der Waals surface area contributed by atoms with Gasteiger partial charge in [-0.05, 0) is 30.0 Å². The summed E-state index contributed by atoms with van der Waals surface area (Å²) < 4.78 is 5.25. The summed E-state index contributed by atoms with van der Waals surface area (Å²) in [5, 5.41) is 0. The van der Waals surface area contributed by atoms with Crippen molar-refractivity contribution in [1.82, 2.24) is 0 Å². The molecule has 1 aromatic carbocycles. The first-order chi connectivity index (χ1) is 7.77. The smallest absolute Gasteiger partial charge is 0.119 e. The maximum Gasteiger partial charge on any atom is 0.119 e. The van der Waals surface area contributed by atoms with Crippen LogP contribution < -0.4 is 4.74 Å². The molecular formula is C15H24O. The molecule has 1 atom stereocenters. The third-order valence-corrected chi connectivity index (χ3v) is 3.15. The van der Waals surface area contributed by atoms with Crippen LogP contribution in [0.15, 0.2) is 24.3 Å². The Morgan fingerprint density at radius 1 is 1.19 bits per heavy atom. The lowest BCUT2D eigenvalue weighted by atomic mass is 9.95. The van der Waals surface area contributed by atoms with E-state index in [-0.39, 0.29) is 0 Å². The molecular weight excluding hydrogens is 196 g/mol. The Morgan fingerprint density at radius 2 is 2.00 bits per heavy atom. The van der Waals surface area contributed by atoms with Crippen molar-refractivity contribution in [3.8, 4) is 5.75 Å². The summed E-state index contributed by atoms with van der Waals surface area (Å²) in [7, 11) is 1.73. The van der Waals surface area contributed by atoms with E-state index in [0.29, 0.717) is 5.92 Å². The van der Waals surface area contributed by atoms with Gasteiger partial charge in [-0.15, -0.1) is 0 Å². The Balaban J connectivity index is 2.42.